The maximum atomic E-state index is 13.6. The van der Waals surface area contributed by atoms with Crippen molar-refractivity contribution in [2.45, 2.75) is 12.1 Å². The van der Waals surface area contributed by atoms with Crippen LogP contribution >= 0.6 is 0 Å². The first-order chi connectivity index (χ1) is 8.49. The third kappa shape index (κ3) is 2.25. The minimum absolute atomic E-state index is 0.303. The van der Waals surface area contributed by atoms with Crippen molar-refractivity contribution in [3.05, 3.63) is 53.4 Å². The molecule has 1 aliphatic carbocycles. The molecule has 1 aromatic carbocycles. The summed E-state index contributed by atoms with van der Waals surface area (Å²) < 4.78 is 26.4. The number of allylic oxidation sites excluding steroid dienone is 4. The number of rotatable bonds is 2. The van der Waals surface area contributed by atoms with Crippen molar-refractivity contribution in [2.75, 3.05) is 0 Å². The van der Waals surface area contributed by atoms with Crippen LogP contribution in [0.4, 0.5) is 8.78 Å². The summed E-state index contributed by atoms with van der Waals surface area (Å²) in [6, 6.07) is 3.80. The normalized spacial score (nSPS) is 22.7. The number of hydrogen-bond donors (Lipinski definition) is 2. The Morgan fingerprint density at radius 3 is 2.67 bits per heavy atom. The molecule has 0 bridgehead atoms. The van der Waals surface area contributed by atoms with Crippen LogP contribution < -0.4 is 0 Å². The number of hydrogen-bond acceptors (Lipinski definition) is 2. The second kappa shape index (κ2) is 4.60. The molecule has 0 fully saturated rings. The molecule has 2 unspecified atom stereocenters. The number of carbonyl (C=O) groups is 1. The predicted molar refractivity (Wildman–Crippen MR) is 61.0 cm³/mol. The van der Waals surface area contributed by atoms with Gasteiger partial charge in [0.15, 0.2) is 0 Å². The first kappa shape index (κ1) is 12.3. The molecule has 1 aliphatic rings. The van der Waals surface area contributed by atoms with E-state index in [9.17, 15) is 18.7 Å². The zero-order valence-electron chi connectivity index (χ0n) is 9.18. The predicted octanol–water partition coefficient (Wildman–Crippen LogP) is 2.94. The average molecular weight is 252 g/mol. The molecule has 94 valence electrons. The fourth-order valence-electron chi connectivity index (χ4n) is 1.84. The van der Waals surface area contributed by atoms with E-state index < -0.39 is 23.9 Å². The summed E-state index contributed by atoms with van der Waals surface area (Å²) in [5.41, 5.74) is 0.0702. The van der Waals surface area contributed by atoms with Crippen LogP contribution in [0.15, 0.2) is 42.3 Å². The molecule has 0 spiro atoms. The Morgan fingerprint density at radius 1 is 1.33 bits per heavy atom. The van der Waals surface area contributed by atoms with Crippen LogP contribution in [-0.4, -0.2) is 22.4 Å². The van der Waals surface area contributed by atoms with Gasteiger partial charge in [0.2, 0.25) is 0 Å². The lowest BCUT2D eigenvalue weighted by atomic mass is 9.89. The molecule has 2 N–H and O–H groups in total. The molecule has 0 radical (unpaired) electrons. The topological polar surface area (TPSA) is 57.5 Å². The smallest absolute Gasteiger partial charge is 0.339 e. The van der Waals surface area contributed by atoms with Crippen molar-refractivity contribution in [3.8, 4) is 5.75 Å². The number of carboxylic acids is 1. The fourth-order valence-corrected chi connectivity index (χ4v) is 1.84. The van der Waals surface area contributed by atoms with Gasteiger partial charge in [-0.15, -0.1) is 0 Å². The van der Waals surface area contributed by atoms with Gasteiger partial charge < -0.3 is 10.2 Å². The van der Waals surface area contributed by atoms with Gasteiger partial charge in [0.05, 0.1) is 0 Å². The van der Waals surface area contributed by atoms with Crippen LogP contribution in [0.5, 0.6) is 5.75 Å². The molecule has 0 saturated carbocycles. The minimum atomic E-state index is -1.55. The quantitative estimate of drug-likeness (QED) is 0.850. The SMILES string of the molecule is O=C(O)c1cc(C2C=CC(F)=CC2F)ccc1O. The molecule has 1 aromatic rings. The molecule has 5 heteroatoms. The number of phenols is 1. The number of halogens is 2. The lowest BCUT2D eigenvalue weighted by molar-refractivity contribution is 0.0693. The maximum Gasteiger partial charge on any atom is 0.339 e. The summed E-state index contributed by atoms with van der Waals surface area (Å²) in [5.74, 6) is -3.09. The zero-order chi connectivity index (χ0) is 13.3. The molecule has 0 amide bonds. The second-order valence-electron chi connectivity index (χ2n) is 3.96. The molecule has 0 saturated heterocycles. The molecular weight excluding hydrogens is 242 g/mol. The van der Waals surface area contributed by atoms with E-state index in [4.69, 9.17) is 5.11 Å². The van der Waals surface area contributed by atoms with E-state index in [1.807, 2.05) is 0 Å². The van der Waals surface area contributed by atoms with Gasteiger partial charge in [0.25, 0.3) is 0 Å². The Labute approximate surface area is 102 Å². The minimum Gasteiger partial charge on any atom is -0.507 e. The average Bonchev–Trinajstić information content (AvgIpc) is 2.30. The highest BCUT2D eigenvalue weighted by atomic mass is 19.1. The number of aromatic carboxylic acids is 1. The van der Waals surface area contributed by atoms with Gasteiger partial charge >= 0.3 is 5.97 Å². The van der Waals surface area contributed by atoms with Crippen molar-refractivity contribution < 1.29 is 23.8 Å². The molecule has 2 atom stereocenters. The molecule has 0 heterocycles. The highest BCUT2D eigenvalue weighted by Crippen LogP contribution is 2.32. The molecule has 18 heavy (non-hydrogen) atoms. The summed E-state index contributed by atoms with van der Waals surface area (Å²) in [5, 5.41) is 18.2. The fraction of sp³-hybridized carbons (Fsp3) is 0.154. The first-order valence-corrected chi connectivity index (χ1v) is 5.25. The number of benzene rings is 1. The van der Waals surface area contributed by atoms with Crippen LogP contribution in [-0.2, 0) is 0 Å². The molecule has 3 nitrogen and oxygen atoms in total. The van der Waals surface area contributed by atoms with Gasteiger partial charge in [-0.25, -0.2) is 13.6 Å². The first-order valence-electron chi connectivity index (χ1n) is 5.25. The van der Waals surface area contributed by atoms with Gasteiger partial charge in [-0.2, -0.15) is 0 Å². The zero-order valence-corrected chi connectivity index (χ0v) is 9.18. The Morgan fingerprint density at radius 2 is 2.06 bits per heavy atom. The Hall–Kier alpha value is -2.17. The second-order valence-corrected chi connectivity index (χ2v) is 3.96. The summed E-state index contributed by atoms with van der Waals surface area (Å²) in [6.07, 6.45) is 1.74. The highest BCUT2D eigenvalue weighted by Gasteiger charge is 2.24. The van der Waals surface area contributed by atoms with Crippen LogP contribution in [0.1, 0.15) is 21.8 Å². The van der Waals surface area contributed by atoms with Gasteiger partial charge in [-0.1, -0.05) is 12.1 Å². The van der Waals surface area contributed by atoms with Crippen LogP contribution in [0, 0.1) is 0 Å². The summed E-state index contributed by atoms with van der Waals surface area (Å²) in [7, 11) is 0. The summed E-state index contributed by atoms with van der Waals surface area (Å²) in [4.78, 5) is 10.8. The van der Waals surface area contributed by atoms with Gasteiger partial charge in [-0.05, 0) is 29.8 Å². The standard InChI is InChI=1S/C13H10F2O3/c14-8-2-3-9(11(15)6-8)7-1-4-12(16)10(5-7)13(17)18/h1-6,9,11,16H,(H,17,18). The van der Waals surface area contributed by atoms with Gasteiger partial charge in [0, 0.05) is 5.92 Å². The number of carboxylic acid groups (broad SMARTS) is 1. The number of aromatic hydroxyl groups is 1. The maximum absolute atomic E-state index is 13.6. The van der Waals surface area contributed by atoms with Crippen molar-refractivity contribution in [1.29, 1.82) is 0 Å². The third-order valence-electron chi connectivity index (χ3n) is 2.76. The van der Waals surface area contributed by atoms with Crippen LogP contribution in [0.2, 0.25) is 0 Å². The van der Waals surface area contributed by atoms with Crippen molar-refractivity contribution in [2.24, 2.45) is 0 Å². The highest BCUT2D eigenvalue weighted by molar-refractivity contribution is 5.91. The molecule has 2 rings (SSSR count). The molecule has 0 aliphatic heterocycles. The Balaban J connectivity index is 2.38. The molecule has 0 aromatic heterocycles. The largest absolute Gasteiger partial charge is 0.507 e. The van der Waals surface area contributed by atoms with E-state index in [0.717, 1.165) is 12.2 Å². The third-order valence-corrected chi connectivity index (χ3v) is 2.76. The van der Waals surface area contributed by atoms with Crippen LogP contribution in [0.25, 0.3) is 0 Å². The van der Waals surface area contributed by atoms with E-state index in [0.29, 0.717) is 5.56 Å². The Kier molecular flexibility index (Phi) is 3.14. The van der Waals surface area contributed by atoms with E-state index in [1.165, 1.54) is 24.3 Å². The summed E-state index contributed by atoms with van der Waals surface area (Å²) in [6.45, 7) is 0. The van der Waals surface area contributed by atoms with Crippen molar-refractivity contribution >= 4 is 5.97 Å². The lowest BCUT2D eigenvalue weighted by Crippen LogP contribution is -2.13. The number of alkyl halides is 1. The Bertz CT molecular complexity index is 549. The van der Waals surface area contributed by atoms with E-state index >= 15 is 0 Å². The monoisotopic (exact) mass is 252 g/mol. The lowest BCUT2D eigenvalue weighted by Gasteiger charge is -2.19. The van der Waals surface area contributed by atoms with Gasteiger partial charge in [0.1, 0.15) is 23.3 Å². The van der Waals surface area contributed by atoms with E-state index in [1.54, 1.807) is 0 Å². The van der Waals surface area contributed by atoms with E-state index in [2.05, 4.69) is 0 Å². The summed E-state index contributed by atoms with van der Waals surface area (Å²) >= 11 is 0. The molecular formula is C13H10F2O3. The van der Waals surface area contributed by atoms with Crippen molar-refractivity contribution in [3.63, 3.8) is 0 Å². The van der Waals surface area contributed by atoms with Crippen LogP contribution in [0.3, 0.4) is 0 Å². The van der Waals surface area contributed by atoms with Gasteiger partial charge in [-0.3, -0.25) is 0 Å². The van der Waals surface area contributed by atoms with E-state index in [-0.39, 0.29) is 11.3 Å². The van der Waals surface area contributed by atoms with Crippen molar-refractivity contribution in [1.82, 2.24) is 0 Å².